The van der Waals surface area contributed by atoms with E-state index in [2.05, 4.69) is 13.8 Å². The lowest BCUT2D eigenvalue weighted by molar-refractivity contribution is 0.453. The second kappa shape index (κ2) is 4.56. The van der Waals surface area contributed by atoms with Crippen LogP contribution in [0, 0.1) is 18.7 Å². The molecular formula is C12H18FN. The quantitative estimate of drug-likeness (QED) is 0.787. The Hall–Kier alpha value is -0.890. The van der Waals surface area contributed by atoms with Crippen LogP contribution in [0.1, 0.15) is 37.4 Å². The summed E-state index contributed by atoms with van der Waals surface area (Å²) < 4.78 is 13.0. The first-order valence-electron chi connectivity index (χ1n) is 5.08. The molecule has 2 heteroatoms. The number of halogens is 1. The largest absolute Gasteiger partial charge is 0.324 e. The number of aryl methyl sites for hydroxylation is 1. The normalized spacial score (nSPS) is 15.2. The SMILES string of the molecule is CCC(C)[C@@H](N)c1cc(F)ccc1C. The van der Waals surface area contributed by atoms with E-state index >= 15 is 0 Å². The van der Waals surface area contributed by atoms with E-state index < -0.39 is 0 Å². The van der Waals surface area contributed by atoms with Crippen molar-refractivity contribution in [2.45, 2.75) is 33.2 Å². The molecule has 78 valence electrons. The van der Waals surface area contributed by atoms with Crippen LogP contribution < -0.4 is 5.73 Å². The highest BCUT2D eigenvalue weighted by atomic mass is 19.1. The van der Waals surface area contributed by atoms with E-state index in [1.165, 1.54) is 6.07 Å². The van der Waals surface area contributed by atoms with Gasteiger partial charge in [0.1, 0.15) is 5.82 Å². The first-order valence-corrected chi connectivity index (χ1v) is 5.08. The Morgan fingerprint density at radius 3 is 2.64 bits per heavy atom. The summed E-state index contributed by atoms with van der Waals surface area (Å²) >= 11 is 0. The molecule has 1 aromatic rings. The molecule has 14 heavy (non-hydrogen) atoms. The smallest absolute Gasteiger partial charge is 0.123 e. The molecule has 0 bridgehead atoms. The lowest BCUT2D eigenvalue weighted by Crippen LogP contribution is -2.19. The van der Waals surface area contributed by atoms with E-state index in [0.717, 1.165) is 17.5 Å². The van der Waals surface area contributed by atoms with Crippen LogP contribution in [0.15, 0.2) is 18.2 Å². The summed E-state index contributed by atoms with van der Waals surface area (Å²) in [4.78, 5) is 0. The average molecular weight is 195 g/mol. The van der Waals surface area contributed by atoms with Crippen LogP contribution in [0.4, 0.5) is 4.39 Å². The van der Waals surface area contributed by atoms with Crippen molar-refractivity contribution in [2.24, 2.45) is 11.7 Å². The summed E-state index contributed by atoms with van der Waals surface area (Å²) in [6.07, 6.45) is 1.01. The van der Waals surface area contributed by atoms with Gasteiger partial charge in [-0.05, 0) is 36.1 Å². The van der Waals surface area contributed by atoms with Gasteiger partial charge in [0.05, 0.1) is 0 Å². The van der Waals surface area contributed by atoms with Crippen molar-refractivity contribution in [1.29, 1.82) is 0 Å². The van der Waals surface area contributed by atoms with Crippen LogP contribution in [-0.2, 0) is 0 Å². The van der Waals surface area contributed by atoms with Crippen LogP contribution in [0.2, 0.25) is 0 Å². The van der Waals surface area contributed by atoms with Gasteiger partial charge in [-0.2, -0.15) is 0 Å². The van der Waals surface area contributed by atoms with Gasteiger partial charge in [-0.25, -0.2) is 4.39 Å². The molecule has 1 rings (SSSR count). The number of hydrogen-bond donors (Lipinski definition) is 1. The molecule has 1 aromatic carbocycles. The fourth-order valence-electron chi connectivity index (χ4n) is 1.53. The number of benzene rings is 1. The zero-order chi connectivity index (χ0) is 10.7. The topological polar surface area (TPSA) is 26.0 Å². The molecular weight excluding hydrogens is 177 g/mol. The van der Waals surface area contributed by atoms with E-state index in [4.69, 9.17) is 5.73 Å². The zero-order valence-corrected chi connectivity index (χ0v) is 9.05. The molecule has 0 radical (unpaired) electrons. The van der Waals surface area contributed by atoms with Crippen LogP contribution in [-0.4, -0.2) is 0 Å². The van der Waals surface area contributed by atoms with E-state index in [-0.39, 0.29) is 11.9 Å². The summed E-state index contributed by atoms with van der Waals surface area (Å²) in [6.45, 7) is 6.16. The second-order valence-corrected chi connectivity index (χ2v) is 3.91. The fourth-order valence-corrected chi connectivity index (χ4v) is 1.53. The van der Waals surface area contributed by atoms with Gasteiger partial charge in [-0.3, -0.25) is 0 Å². The van der Waals surface area contributed by atoms with E-state index in [1.807, 2.05) is 6.92 Å². The van der Waals surface area contributed by atoms with Crippen molar-refractivity contribution in [2.75, 3.05) is 0 Å². The lowest BCUT2D eigenvalue weighted by atomic mass is 9.90. The molecule has 0 fully saturated rings. The predicted molar refractivity (Wildman–Crippen MR) is 57.5 cm³/mol. The number of nitrogens with two attached hydrogens (primary N) is 1. The lowest BCUT2D eigenvalue weighted by Gasteiger charge is -2.20. The first-order chi connectivity index (χ1) is 6.56. The highest BCUT2D eigenvalue weighted by Crippen LogP contribution is 2.25. The molecule has 0 spiro atoms. The van der Waals surface area contributed by atoms with Gasteiger partial charge in [0.15, 0.2) is 0 Å². The minimum absolute atomic E-state index is 0.0595. The third-order valence-electron chi connectivity index (χ3n) is 2.86. The molecule has 0 saturated carbocycles. The molecule has 0 saturated heterocycles. The predicted octanol–water partition coefficient (Wildman–Crippen LogP) is 3.18. The Balaban J connectivity index is 2.99. The second-order valence-electron chi connectivity index (χ2n) is 3.91. The molecule has 2 N–H and O–H groups in total. The van der Waals surface area contributed by atoms with Gasteiger partial charge in [0.2, 0.25) is 0 Å². The minimum Gasteiger partial charge on any atom is -0.324 e. The van der Waals surface area contributed by atoms with Crippen LogP contribution in [0.25, 0.3) is 0 Å². The van der Waals surface area contributed by atoms with E-state index in [1.54, 1.807) is 12.1 Å². The van der Waals surface area contributed by atoms with Gasteiger partial charge in [0.25, 0.3) is 0 Å². The Kier molecular flexibility index (Phi) is 3.64. The van der Waals surface area contributed by atoms with Gasteiger partial charge in [-0.1, -0.05) is 26.3 Å². The molecule has 1 nitrogen and oxygen atoms in total. The molecule has 0 aliphatic rings. The number of rotatable bonds is 3. The summed E-state index contributed by atoms with van der Waals surface area (Å²) in [5.74, 6) is 0.180. The minimum atomic E-state index is -0.204. The van der Waals surface area contributed by atoms with Crippen molar-refractivity contribution in [3.63, 3.8) is 0 Å². The summed E-state index contributed by atoms with van der Waals surface area (Å²) in [5, 5.41) is 0. The van der Waals surface area contributed by atoms with Gasteiger partial charge in [0, 0.05) is 6.04 Å². The van der Waals surface area contributed by atoms with Crippen molar-refractivity contribution < 1.29 is 4.39 Å². The van der Waals surface area contributed by atoms with Crippen molar-refractivity contribution in [3.8, 4) is 0 Å². The molecule has 0 aromatic heterocycles. The molecule has 0 amide bonds. The maximum Gasteiger partial charge on any atom is 0.123 e. The monoisotopic (exact) mass is 195 g/mol. The van der Waals surface area contributed by atoms with Crippen molar-refractivity contribution >= 4 is 0 Å². The highest BCUT2D eigenvalue weighted by molar-refractivity contribution is 5.29. The average Bonchev–Trinajstić information content (AvgIpc) is 2.19. The Morgan fingerprint density at radius 1 is 1.43 bits per heavy atom. The maximum absolute atomic E-state index is 13.0. The first kappa shape index (κ1) is 11.2. The Labute approximate surface area is 85.1 Å². The molecule has 2 atom stereocenters. The summed E-state index contributed by atoms with van der Waals surface area (Å²) in [5.41, 5.74) is 8.05. The van der Waals surface area contributed by atoms with Crippen LogP contribution in [0.3, 0.4) is 0 Å². The fraction of sp³-hybridized carbons (Fsp3) is 0.500. The summed E-state index contributed by atoms with van der Waals surface area (Å²) in [6, 6.07) is 4.75. The zero-order valence-electron chi connectivity index (χ0n) is 9.05. The standard InChI is InChI=1S/C12H18FN/c1-4-8(2)12(14)11-7-10(13)6-5-9(11)3/h5-8,12H,4,14H2,1-3H3/t8?,12-/m1/s1. The third kappa shape index (κ3) is 2.32. The van der Waals surface area contributed by atoms with E-state index in [9.17, 15) is 4.39 Å². The Bertz CT molecular complexity index is 309. The van der Waals surface area contributed by atoms with Crippen molar-refractivity contribution in [3.05, 3.63) is 35.1 Å². The molecule has 0 heterocycles. The van der Waals surface area contributed by atoms with Gasteiger partial charge in [-0.15, -0.1) is 0 Å². The third-order valence-corrected chi connectivity index (χ3v) is 2.86. The van der Waals surface area contributed by atoms with Crippen LogP contribution >= 0.6 is 0 Å². The van der Waals surface area contributed by atoms with Crippen molar-refractivity contribution in [1.82, 2.24) is 0 Å². The van der Waals surface area contributed by atoms with Crippen LogP contribution in [0.5, 0.6) is 0 Å². The van der Waals surface area contributed by atoms with E-state index in [0.29, 0.717) is 5.92 Å². The maximum atomic E-state index is 13.0. The van der Waals surface area contributed by atoms with Gasteiger partial charge >= 0.3 is 0 Å². The molecule has 1 unspecified atom stereocenters. The van der Waals surface area contributed by atoms with Gasteiger partial charge < -0.3 is 5.73 Å². The Morgan fingerprint density at radius 2 is 2.07 bits per heavy atom. The molecule has 0 aliphatic heterocycles. The summed E-state index contributed by atoms with van der Waals surface area (Å²) in [7, 11) is 0. The molecule has 0 aliphatic carbocycles. The highest BCUT2D eigenvalue weighted by Gasteiger charge is 2.15. The number of hydrogen-bond acceptors (Lipinski definition) is 1.